The van der Waals surface area contributed by atoms with Crippen molar-refractivity contribution in [2.75, 3.05) is 11.4 Å². The van der Waals surface area contributed by atoms with Crippen LogP contribution < -0.4 is 26.4 Å². The third-order valence-corrected chi connectivity index (χ3v) is 6.17. The van der Waals surface area contributed by atoms with Gasteiger partial charge in [-0.3, -0.25) is 0 Å². The van der Waals surface area contributed by atoms with Gasteiger partial charge in [0.05, 0.1) is 12.7 Å². The van der Waals surface area contributed by atoms with Crippen molar-refractivity contribution in [2.24, 2.45) is 0 Å². The number of nitrogens with zero attached hydrogens (tertiary/aromatic N) is 3. The first-order valence-corrected chi connectivity index (χ1v) is 11.6. The summed E-state index contributed by atoms with van der Waals surface area (Å²) in [5.41, 5.74) is -0.218. The van der Waals surface area contributed by atoms with Crippen LogP contribution in [0.3, 0.4) is 0 Å². The molecule has 0 saturated heterocycles. The molecule has 0 fully saturated rings. The largest absolute Gasteiger partial charge is 1.00 e. The summed E-state index contributed by atoms with van der Waals surface area (Å²) in [6.45, 7) is 3.54. The number of hydrogen-bond donors (Lipinski definition) is 1. The van der Waals surface area contributed by atoms with E-state index < -0.39 is 5.72 Å². The van der Waals surface area contributed by atoms with Crippen LogP contribution in [0.2, 0.25) is 5.02 Å². The van der Waals surface area contributed by atoms with Crippen molar-refractivity contribution < 1.29 is 26.7 Å². The predicted octanol–water partition coefficient (Wildman–Crippen LogP) is 2.61. The molecule has 0 saturated carbocycles. The summed E-state index contributed by atoms with van der Waals surface area (Å²) in [5, 5.41) is 12.3. The maximum absolute atomic E-state index is 11.6. The maximum atomic E-state index is 11.6. The topological polar surface area (TPSA) is 40.2 Å². The second-order valence-corrected chi connectivity index (χ2v) is 8.64. The Balaban J connectivity index is 0.00000320. The highest BCUT2D eigenvalue weighted by atomic mass is 79.9. The number of unbranched alkanes of at least 4 members (excludes halogenated alkanes) is 9. The normalized spacial score (nSPS) is 17.6. The Hall–Kier alpha value is -1.17. The van der Waals surface area contributed by atoms with Gasteiger partial charge in [0.1, 0.15) is 12.7 Å². The minimum absolute atomic E-state index is 0. The lowest BCUT2D eigenvalue weighted by molar-refractivity contribution is -0.685. The molecular weight excluding hydrogens is 462 g/mol. The molecule has 1 aliphatic rings. The average Bonchev–Trinajstić information content (AvgIpc) is 3.02. The van der Waals surface area contributed by atoms with Gasteiger partial charge in [0.25, 0.3) is 0 Å². The molecule has 166 valence electrons. The van der Waals surface area contributed by atoms with Gasteiger partial charge in [0.2, 0.25) is 5.72 Å². The molecule has 1 aromatic heterocycles. The van der Waals surface area contributed by atoms with Crippen molar-refractivity contribution in [3.63, 3.8) is 0 Å². The maximum Gasteiger partial charge on any atom is 0.396 e. The highest BCUT2D eigenvalue weighted by Gasteiger charge is 2.51. The van der Waals surface area contributed by atoms with Gasteiger partial charge in [0.15, 0.2) is 0 Å². The lowest BCUT2D eigenvalue weighted by Gasteiger charge is -2.28. The van der Waals surface area contributed by atoms with Gasteiger partial charge in [0, 0.05) is 16.7 Å². The molecule has 0 aliphatic carbocycles. The predicted molar refractivity (Wildman–Crippen MR) is 119 cm³/mol. The van der Waals surface area contributed by atoms with Crippen molar-refractivity contribution >= 4 is 17.5 Å². The van der Waals surface area contributed by atoms with E-state index in [2.05, 4.69) is 16.8 Å². The molecular formula is C24H35BrClN3O. The van der Waals surface area contributed by atoms with E-state index in [9.17, 15) is 5.11 Å². The quantitative estimate of drug-likeness (QED) is 0.363. The fourth-order valence-electron chi connectivity index (χ4n) is 4.24. The number of aliphatic hydroxyl groups is 1. The van der Waals surface area contributed by atoms with Crippen LogP contribution in [0, 0.1) is 0 Å². The van der Waals surface area contributed by atoms with Gasteiger partial charge >= 0.3 is 5.95 Å². The molecule has 1 aliphatic heterocycles. The molecule has 6 heteroatoms. The molecule has 0 spiro atoms. The minimum Gasteiger partial charge on any atom is -1.00 e. The number of benzene rings is 1. The Labute approximate surface area is 197 Å². The summed E-state index contributed by atoms with van der Waals surface area (Å²) in [7, 11) is 0. The van der Waals surface area contributed by atoms with E-state index >= 15 is 0 Å². The van der Waals surface area contributed by atoms with E-state index in [0.717, 1.165) is 24.5 Å². The van der Waals surface area contributed by atoms with Crippen LogP contribution in [0.25, 0.3) is 0 Å². The Morgan fingerprint density at radius 1 is 1.00 bits per heavy atom. The molecule has 30 heavy (non-hydrogen) atoms. The number of hydrogen-bond acceptors (Lipinski definition) is 3. The zero-order valence-corrected chi connectivity index (χ0v) is 20.4. The van der Waals surface area contributed by atoms with Crippen molar-refractivity contribution in [3.05, 3.63) is 53.3 Å². The van der Waals surface area contributed by atoms with Crippen LogP contribution in [-0.2, 0) is 12.3 Å². The summed E-state index contributed by atoms with van der Waals surface area (Å²) < 4.78 is 2.03. The summed E-state index contributed by atoms with van der Waals surface area (Å²) in [6.07, 6.45) is 16.8. The highest BCUT2D eigenvalue weighted by Crippen LogP contribution is 2.34. The number of aromatic nitrogens is 2. The molecule has 1 aromatic carbocycles. The van der Waals surface area contributed by atoms with Crippen LogP contribution in [0.1, 0.15) is 76.7 Å². The Bertz CT molecular complexity index is 758. The van der Waals surface area contributed by atoms with Crippen molar-refractivity contribution in [1.29, 1.82) is 0 Å². The molecule has 3 rings (SSSR count). The number of halogens is 2. The average molecular weight is 497 g/mol. The van der Waals surface area contributed by atoms with Gasteiger partial charge in [-0.1, -0.05) is 93.4 Å². The van der Waals surface area contributed by atoms with E-state index in [1.54, 1.807) is 6.20 Å². The van der Waals surface area contributed by atoms with Gasteiger partial charge in [-0.05, 0) is 18.6 Å². The van der Waals surface area contributed by atoms with Gasteiger partial charge in [-0.15, -0.1) is 0 Å². The van der Waals surface area contributed by atoms with E-state index in [1.807, 2.05) is 41.1 Å². The lowest BCUT2D eigenvalue weighted by Crippen LogP contribution is -3.00. The molecule has 2 heterocycles. The monoisotopic (exact) mass is 495 g/mol. The number of fused-ring (bicyclic) bond motifs is 1. The smallest absolute Gasteiger partial charge is 0.396 e. The van der Waals surface area contributed by atoms with E-state index in [1.165, 1.54) is 57.8 Å². The number of rotatable bonds is 12. The third kappa shape index (κ3) is 6.41. The summed E-state index contributed by atoms with van der Waals surface area (Å²) in [5.74, 6) is 0.834. The summed E-state index contributed by atoms with van der Waals surface area (Å²) >= 11 is 6.06. The van der Waals surface area contributed by atoms with Crippen LogP contribution >= 0.6 is 11.6 Å². The summed E-state index contributed by atoms with van der Waals surface area (Å²) in [4.78, 5) is 6.60. The second kappa shape index (κ2) is 12.6. The van der Waals surface area contributed by atoms with Gasteiger partial charge < -0.3 is 22.1 Å². The lowest BCUT2D eigenvalue weighted by atomic mass is 10.0. The molecule has 0 unspecified atom stereocenters. The molecule has 0 amide bonds. The van der Waals surface area contributed by atoms with Gasteiger partial charge in [-0.2, -0.15) is 0 Å². The standard InChI is InChI=1S/C24H35ClN3O.BrH/c1-2-3-4-5-6-7-8-9-10-11-19-28-23-26-17-12-18-27(23)20-24(28,29)21-13-15-22(25)16-14-21;/h12-18,29H,2-11,19-20H2,1H3;1H/q+1;/p-1/t24-;/m1./s1. The zero-order chi connectivity index (χ0) is 20.5. The Morgan fingerprint density at radius 3 is 2.23 bits per heavy atom. The van der Waals surface area contributed by atoms with Crippen LogP contribution in [0.15, 0.2) is 42.7 Å². The fourth-order valence-corrected chi connectivity index (χ4v) is 4.36. The molecule has 2 aromatic rings. The Kier molecular flexibility index (Phi) is 10.6. The van der Waals surface area contributed by atoms with Crippen molar-refractivity contribution in [1.82, 2.24) is 4.98 Å². The second-order valence-electron chi connectivity index (χ2n) is 8.20. The third-order valence-electron chi connectivity index (χ3n) is 5.92. The molecule has 4 nitrogen and oxygen atoms in total. The molecule has 0 bridgehead atoms. The summed E-state index contributed by atoms with van der Waals surface area (Å²) in [6, 6.07) is 9.43. The van der Waals surface area contributed by atoms with E-state index in [4.69, 9.17) is 11.6 Å². The fraction of sp³-hybridized carbons (Fsp3) is 0.583. The SMILES string of the molecule is CCCCCCCCCCCCN1c2nccc[n+]2C[C@@]1(O)c1ccc(Cl)cc1.[Br-]. The van der Waals surface area contributed by atoms with E-state index in [0.29, 0.717) is 11.6 Å². The van der Waals surface area contributed by atoms with Crippen molar-refractivity contribution in [3.8, 4) is 0 Å². The molecule has 0 radical (unpaired) electrons. The first kappa shape index (κ1) is 25.1. The van der Waals surface area contributed by atoms with E-state index in [-0.39, 0.29) is 17.0 Å². The van der Waals surface area contributed by atoms with Crippen LogP contribution in [0.4, 0.5) is 5.95 Å². The van der Waals surface area contributed by atoms with Crippen LogP contribution in [-0.4, -0.2) is 16.6 Å². The number of anilines is 1. The first-order valence-electron chi connectivity index (χ1n) is 11.3. The molecule has 1 atom stereocenters. The highest BCUT2D eigenvalue weighted by molar-refractivity contribution is 6.30. The minimum atomic E-state index is -1.08. The van der Waals surface area contributed by atoms with Gasteiger partial charge in [-0.25, -0.2) is 9.47 Å². The zero-order valence-electron chi connectivity index (χ0n) is 18.1. The Morgan fingerprint density at radius 2 is 1.60 bits per heavy atom. The van der Waals surface area contributed by atoms with Crippen LogP contribution in [0.5, 0.6) is 0 Å². The first-order chi connectivity index (χ1) is 14.1. The van der Waals surface area contributed by atoms with Crippen molar-refractivity contribution in [2.45, 2.75) is 83.4 Å². The molecule has 1 N–H and O–H groups in total.